The van der Waals surface area contributed by atoms with E-state index in [0.717, 1.165) is 11.1 Å². The summed E-state index contributed by atoms with van der Waals surface area (Å²) < 4.78 is 24.0. The van der Waals surface area contributed by atoms with Crippen molar-refractivity contribution >= 4 is 5.97 Å². The summed E-state index contributed by atoms with van der Waals surface area (Å²) in [7, 11) is 0. The van der Waals surface area contributed by atoms with E-state index in [9.17, 15) is 4.79 Å². The molecule has 0 aliphatic carbocycles. The van der Waals surface area contributed by atoms with Crippen LogP contribution in [0, 0.1) is 0 Å². The molecule has 2 aromatic carbocycles. The van der Waals surface area contributed by atoms with Crippen molar-refractivity contribution in [3.63, 3.8) is 0 Å². The van der Waals surface area contributed by atoms with Crippen LogP contribution in [0.3, 0.4) is 0 Å². The Labute approximate surface area is 178 Å². The largest absolute Gasteiger partial charge is 0.463 e. The second-order valence-corrected chi connectivity index (χ2v) is 7.46. The van der Waals surface area contributed by atoms with Crippen molar-refractivity contribution < 1.29 is 23.7 Å². The zero-order chi connectivity index (χ0) is 21.2. The minimum absolute atomic E-state index is 0.187. The lowest BCUT2D eigenvalue weighted by molar-refractivity contribution is -0.215. The number of carbonyl (C=O) groups excluding carboxylic acids is 1. The number of hydrogen-bond donors (Lipinski definition) is 0. The molecule has 0 unspecified atom stereocenters. The maximum atomic E-state index is 11.3. The van der Waals surface area contributed by atoms with E-state index >= 15 is 0 Å². The van der Waals surface area contributed by atoms with Gasteiger partial charge in [-0.05, 0) is 17.5 Å². The first-order valence-electron chi connectivity index (χ1n) is 10.4. The van der Waals surface area contributed by atoms with E-state index in [4.69, 9.17) is 18.9 Å². The molecule has 160 valence electrons. The maximum Gasteiger partial charge on any atom is 0.302 e. The lowest BCUT2D eigenvalue weighted by Crippen LogP contribution is -2.51. The molecular weight excluding hydrogens is 380 g/mol. The fourth-order valence-corrected chi connectivity index (χ4v) is 3.61. The molecule has 1 fully saturated rings. The van der Waals surface area contributed by atoms with Crippen LogP contribution in [0.25, 0.3) is 0 Å². The van der Waals surface area contributed by atoms with Crippen molar-refractivity contribution in [1.82, 2.24) is 0 Å². The Morgan fingerprint density at radius 3 is 2.20 bits per heavy atom. The second-order valence-electron chi connectivity index (χ2n) is 7.46. The van der Waals surface area contributed by atoms with Gasteiger partial charge in [0.05, 0.1) is 31.5 Å². The molecule has 0 radical (unpaired) electrons. The van der Waals surface area contributed by atoms with Crippen LogP contribution in [0.5, 0.6) is 0 Å². The second kappa shape index (κ2) is 11.6. The molecule has 1 aliphatic heterocycles. The van der Waals surface area contributed by atoms with Crippen LogP contribution in [-0.4, -0.2) is 37.0 Å². The monoisotopic (exact) mass is 410 g/mol. The topological polar surface area (TPSA) is 54.0 Å². The quantitative estimate of drug-likeness (QED) is 0.428. The average Bonchev–Trinajstić information content (AvgIpc) is 2.77. The molecule has 3 rings (SSSR count). The molecule has 0 saturated carbocycles. The van der Waals surface area contributed by atoms with Gasteiger partial charge < -0.3 is 18.9 Å². The van der Waals surface area contributed by atoms with Gasteiger partial charge in [0.25, 0.3) is 0 Å². The minimum atomic E-state index is -0.317. The highest BCUT2D eigenvalue weighted by atomic mass is 16.6. The molecule has 1 heterocycles. The third-order valence-corrected chi connectivity index (χ3v) is 5.06. The predicted octanol–water partition coefficient (Wildman–Crippen LogP) is 4.45. The summed E-state index contributed by atoms with van der Waals surface area (Å²) in [6.45, 7) is 6.43. The van der Waals surface area contributed by atoms with Crippen molar-refractivity contribution in [1.29, 1.82) is 0 Å². The van der Waals surface area contributed by atoms with Gasteiger partial charge in [0.15, 0.2) is 0 Å². The number of carbonyl (C=O) groups is 1. The smallest absolute Gasteiger partial charge is 0.302 e. The Hall–Kier alpha value is -2.47. The average molecular weight is 411 g/mol. The van der Waals surface area contributed by atoms with Gasteiger partial charge in [-0.1, -0.05) is 66.7 Å². The van der Waals surface area contributed by atoms with E-state index in [2.05, 4.69) is 6.58 Å². The Morgan fingerprint density at radius 2 is 1.63 bits per heavy atom. The molecule has 1 saturated heterocycles. The van der Waals surface area contributed by atoms with Gasteiger partial charge in [-0.15, -0.1) is 6.58 Å². The van der Waals surface area contributed by atoms with E-state index in [1.165, 1.54) is 6.92 Å². The molecule has 5 nitrogen and oxygen atoms in total. The van der Waals surface area contributed by atoms with Gasteiger partial charge in [0.1, 0.15) is 12.7 Å². The molecule has 4 atom stereocenters. The number of rotatable bonds is 10. The Kier molecular flexibility index (Phi) is 8.63. The lowest BCUT2D eigenvalue weighted by Gasteiger charge is -2.41. The SMILES string of the molecule is C=CC[C@H]1O[C@H](COC(C)=O)C[C@H](OCc2ccccc2)[C@@H]1OCc1ccccc1. The van der Waals surface area contributed by atoms with Crippen LogP contribution in [0.4, 0.5) is 0 Å². The number of ether oxygens (including phenoxy) is 4. The first kappa shape index (κ1) is 22.2. The molecule has 0 amide bonds. The molecule has 2 aromatic rings. The Bertz CT molecular complexity index is 777. The summed E-state index contributed by atoms with van der Waals surface area (Å²) in [6, 6.07) is 20.1. The number of esters is 1. The Morgan fingerprint density at radius 1 is 1.03 bits per heavy atom. The van der Waals surface area contributed by atoms with E-state index in [0.29, 0.717) is 26.1 Å². The lowest BCUT2D eigenvalue weighted by atomic mass is 9.95. The zero-order valence-electron chi connectivity index (χ0n) is 17.4. The van der Waals surface area contributed by atoms with E-state index < -0.39 is 0 Å². The van der Waals surface area contributed by atoms with E-state index in [1.807, 2.05) is 66.7 Å². The van der Waals surface area contributed by atoms with Crippen LogP contribution in [0.15, 0.2) is 73.3 Å². The maximum absolute atomic E-state index is 11.3. The molecule has 0 aromatic heterocycles. The molecular formula is C25H30O5. The van der Waals surface area contributed by atoms with Crippen LogP contribution in [0.1, 0.15) is 30.9 Å². The standard InChI is InChI=1S/C25H30O5/c1-3-10-23-25(29-17-21-13-8-5-9-14-21)24(15-22(30-23)18-27-19(2)26)28-16-20-11-6-4-7-12-20/h3-9,11-14,22-25H,1,10,15-18H2,2H3/t22-,23+,24-,25+/m0/s1. The highest BCUT2D eigenvalue weighted by molar-refractivity contribution is 5.65. The van der Waals surface area contributed by atoms with Crippen molar-refractivity contribution in [2.24, 2.45) is 0 Å². The summed E-state index contributed by atoms with van der Waals surface area (Å²) in [5, 5.41) is 0. The zero-order valence-corrected chi connectivity index (χ0v) is 17.4. The fourth-order valence-electron chi connectivity index (χ4n) is 3.61. The van der Waals surface area contributed by atoms with Gasteiger partial charge in [0.2, 0.25) is 0 Å². The summed E-state index contributed by atoms with van der Waals surface area (Å²) in [4.78, 5) is 11.3. The fraction of sp³-hybridized carbons (Fsp3) is 0.400. The molecule has 0 bridgehead atoms. The first-order chi connectivity index (χ1) is 14.7. The minimum Gasteiger partial charge on any atom is -0.463 e. The van der Waals surface area contributed by atoms with Gasteiger partial charge in [-0.2, -0.15) is 0 Å². The van der Waals surface area contributed by atoms with Crippen molar-refractivity contribution in [2.75, 3.05) is 6.61 Å². The molecule has 0 spiro atoms. The third-order valence-electron chi connectivity index (χ3n) is 5.06. The first-order valence-corrected chi connectivity index (χ1v) is 10.4. The summed E-state index contributed by atoms with van der Waals surface area (Å²) in [5.41, 5.74) is 2.20. The van der Waals surface area contributed by atoms with Crippen LogP contribution < -0.4 is 0 Å². The molecule has 5 heteroatoms. The summed E-state index contributed by atoms with van der Waals surface area (Å²) in [5.74, 6) is -0.317. The van der Waals surface area contributed by atoms with Gasteiger partial charge in [0, 0.05) is 13.3 Å². The van der Waals surface area contributed by atoms with Crippen LogP contribution >= 0.6 is 0 Å². The third kappa shape index (κ3) is 6.80. The van der Waals surface area contributed by atoms with E-state index in [-0.39, 0.29) is 37.0 Å². The summed E-state index contributed by atoms with van der Waals surface area (Å²) in [6.07, 6.45) is 2.15. The summed E-state index contributed by atoms with van der Waals surface area (Å²) >= 11 is 0. The van der Waals surface area contributed by atoms with Crippen LogP contribution in [0.2, 0.25) is 0 Å². The van der Waals surface area contributed by atoms with Gasteiger partial charge in [-0.25, -0.2) is 0 Å². The molecule has 30 heavy (non-hydrogen) atoms. The van der Waals surface area contributed by atoms with Crippen molar-refractivity contribution in [3.8, 4) is 0 Å². The van der Waals surface area contributed by atoms with E-state index in [1.54, 1.807) is 0 Å². The normalized spacial score (nSPS) is 23.6. The molecule has 1 aliphatic rings. The van der Waals surface area contributed by atoms with Crippen molar-refractivity contribution in [3.05, 3.63) is 84.4 Å². The highest BCUT2D eigenvalue weighted by Gasteiger charge is 2.40. The number of hydrogen-bond acceptors (Lipinski definition) is 5. The molecule has 0 N–H and O–H groups in total. The Balaban J connectivity index is 1.72. The predicted molar refractivity (Wildman–Crippen MR) is 115 cm³/mol. The van der Waals surface area contributed by atoms with Gasteiger partial charge in [-0.3, -0.25) is 4.79 Å². The van der Waals surface area contributed by atoms with Crippen molar-refractivity contribution in [2.45, 2.75) is 57.4 Å². The van der Waals surface area contributed by atoms with Gasteiger partial charge >= 0.3 is 5.97 Å². The number of benzene rings is 2. The van der Waals surface area contributed by atoms with Crippen LogP contribution in [-0.2, 0) is 37.0 Å². The highest BCUT2D eigenvalue weighted by Crippen LogP contribution is 2.29.